The molecule has 0 aliphatic heterocycles. The molecule has 0 heterocycles. The van der Waals surface area contributed by atoms with Crippen molar-refractivity contribution in [3.63, 3.8) is 0 Å². The standard InChI is InChI=1S/Cu.Pb.H2S.S.Zn/h;;1H2;;. The summed E-state index contributed by atoms with van der Waals surface area (Å²) < 4.78 is 0. The van der Waals surface area contributed by atoms with Crippen LogP contribution < -0.4 is 0 Å². The van der Waals surface area contributed by atoms with Crippen LogP contribution >= 0.6 is 24.0 Å². The second kappa shape index (κ2) is 30.3. The molecule has 0 nitrogen and oxygen atoms in total. The summed E-state index contributed by atoms with van der Waals surface area (Å²) in [4.78, 5) is 0. The summed E-state index contributed by atoms with van der Waals surface area (Å²) in [7, 11) is 3.65. The van der Waals surface area contributed by atoms with Gasteiger partial charge in [-0.3, -0.25) is 0 Å². The van der Waals surface area contributed by atoms with Crippen molar-refractivity contribution in [3.05, 3.63) is 0 Å². The monoisotopic (exact) mass is 401 g/mol. The number of hydrogen-bond acceptors (Lipinski definition) is 1. The van der Waals surface area contributed by atoms with Crippen LogP contribution in [0, 0.1) is 0 Å². The first-order valence-corrected chi connectivity index (χ1v) is 1.52. The Morgan fingerprint density at radius 3 is 1.20 bits per heavy atom. The summed E-state index contributed by atoms with van der Waals surface area (Å²) in [5.41, 5.74) is 0. The van der Waals surface area contributed by atoms with E-state index >= 15 is 0 Å². The average Bonchev–Trinajstić information content (AvgIpc) is 1.00. The predicted molar refractivity (Wildman–Crippen MR) is 23.7 cm³/mol. The molecule has 0 spiro atoms. The maximum absolute atomic E-state index is 3.77. The summed E-state index contributed by atoms with van der Waals surface area (Å²) in [5, 5.41) is 0. The molecule has 0 N–H and O–H groups in total. The fourth-order valence-corrected chi connectivity index (χ4v) is 0. The van der Waals surface area contributed by atoms with E-state index in [2.05, 4.69) is 24.9 Å². The predicted octanol–water partition coefficient (Wildman–Crippen LogP) is 0.375. The molecule has 0 atom stereocenters. The molecule has 0 saturated carbocycles. The van der Waals surface area contributed by atoms with Crippen molar-refractivity contribution in [1.29, 1.82) is 0 Å². The van der Waals surface area contributed by atoms with Gasteiger partial charge in [-0.1, -0.05) is 0 Å². The molecule has 0 fully saturated rings. The van der Waals surface area contributed by atoms with Crippen LogP contribution in [0.5, 0.6) is 0 Å². The minimum Gasteiger partial charge on any atom is 0 e. The van der Waals surface area contributed by atoms with Crippen LogP contribution in [0.3, 0.4) is 0 Å². The van der Waals surface area contributed by atoms with Crippen molar-refractivity contribution >= 4 is 51.3 Å². The van der Waals surface area contributed by atoms with Gasteiger partial charge in [0.05, 0.1) is 0 Å². The minimum atomic E-state index is 0. The first-order chi connectivity index (χ1) is 1.00. The van der Waals surface area contributed by atoms with E-state index in [4.69, 9.17) is 0 Å². The van der Waals surface area contributed by atoms with Crippen LogP contribution in [-0.2, 0) is 33.9 Å². The van der Waals surface area contributed by atoms with Gasteiger partial charge in [-0.05, 0) is 0 Å². The van der Waals surface area contributed by atoms with Gasteiger partial charge in [-0.25, -0.2) is 0 Å². The van der Waals surface area contributed by atoms with Crippen molar-refractivity contribution < 1.29 is 33.9 Å². The topological polar surface area (TPSA) is 0 Å². The zero-order chi connectivity index (χ0) is 2.00. The molecule has 4 radical (unpaired) electrons. The molecule has 0 aliphatic rings. The van der Waals surface area contributed by atoms with Crippen molar-refractivity contribution in [1.82, 2.24) is 0 Å². The van der Waals surface area contributed by atoms with Crippen LogP contribution in [0.25, 0.3) is 0 Å². The molecule has 0 aromatic carbocycles. The SMILES string of the molecule is S.[Pb].[S]=[Cu].[Zn]. The third-order valence-electron chi connectivity index (χ3n) is 0. The van der Waals surface area contributed by atoms with Gasteiger partial charge >= 0.3 is 24.9 Å². The maximum atomic E-state index is 3.77. The largest absolute Gasteiger partial charge is 0 e. The summed E-state index contributed by atoms with van der Waals surface area (Å²) in [5.74, 6) is 0. The average molecular weight is 402 g/mol. The van der Waals surface area contributed by atoms with Crippen LogP contribution in [0.15, 0.2) is 0 Å². The molecule has 0 bridgehead atoms. The second-order valence-electron chi connectivity index (χ2n) is 0. The summed E-state index contributed by atoms with van der Waals surface area (Å²) in [6.07, 6.45) is 0. The number of rotatable bonds is 0. The van der Waals surface area contributed by atoms with Crippen LogP contribution in [-0.4, -0.2) is 27.3 Å². The Labute approximate surface area is 83.9 Å². The van der Waals surface area contributed by atoms with Crippen LogP contribution in [0.2, 0.25) is 0 Å². The van der Waals surface area contributed by atoms with E-state index in [-0.39, 0.29) is 60.3 Å². The zero-order valence-electron chi connectivity index (χ0n) is 2.42. The smallest absolute Gasteiger partial charge is 0 e. The molecular weight excluding hydrogens is 400 g/mol. The Hall–Kier alpha value is 2.63. The van der Waals surface area contributed by atoms with Crippen molar-refractivity contribution in [2.45, 2.75) is 0 Å². The molecular formula is H2CuPbS2Zn. The first kappa shape index (κ1) is 25.4. The van der Waals surface area contributed by atoms with Gasteiger partial charge in [0.2, 0.25) is 0 Å². The fourth-order valence-electron chi connectivity index (χ4n) is 0. The molecule has 0 saturated heterocycles. The fraction of sp³-hybridized carbons (Fsp3) is 0. The Morgan fingerprint density at radius 1 is 1.20 bits per heavy atom. The summed E-state index contributed by atoms with van der Waals surface area (Å²) in [6.45, 7) is 0. The van der Waals surface area contributed by atoms with Gasteiger partial charge in [-0.2, -0.15) is 13.5 Å². The van der Waals surface area contributed by atoms with Gasteiger partial charge in [-0.15, -0.1) is 0 Å². The van der Waals surface area contributed by atoms with E-state index in [0.29, 0.717) is 0 Å². The summed E-state index contributed by atoms with van der Waals surface area (Å²) >= 11 is 3.77. The minimum absolute atomic E-state index is 0. The molecule has 0 aliphatic carbocycles. The maximum Gasteiger partial charge on any atom is 0 e. The van der Waals surface area contributed by atoms with Gasteiger partial charge in [0.1, 0.15) is 0 Å². The van der Waals surface area contributed by atoms with E-state index in [1.165, 1.54) is 0 Å². The van der Waals surface area contributed by atoms with Gasteiger partial charge in [0.25, 0.3) is 0 Å². The van der Waals surface area contributed by atoms with Crippen molar-refractivity contribution in [2.24, 2.45) is 0 Å². The molecule has 0 aromatic heterocycles. The quantitative estimate of drug-likeness (QED) is 0.528. The van der Waals surface area contributed by atoms with Crippen LogP contribution in [0.1, 0.15) is 0 Å². The third-order valence-corrected chi connectivity index (χ3v) is 0. The van der Waals surface area contributed by atoms with E-state index < -0.39 is 0 Å². The van der Waals surface area contributed by atoms with Gasteiger partial charge in [0, 0.05) is 46.8 Å². The Morgan fingerprint density at radius 2 is 1.20 bits per heavy atom. The normalized spacial score (nSPS) is 1.20. The first-order valence-electron chi connectivity index (χ1n) is 0.123. The van der Waals surface area contributed by atoms with E-state index in [9.17, 15) is 0 Å². The molecule has 0 aromatic rings. The summed E-state index contributed by atoms with van der Waals surface area (Å²) in [6, 6.07) is 0. The third kappa shape index (κ3) is 20.5. The number of hydrogen-bond donors (Lipinski definition) is 0. The van der Waals surface area contributed by atoms with Crippen molar-refractivity contribution in [2.75, 3.05) is 0 Å². The van der Waals surface area contributed by atoms with E-state index in [1.807, 2.05) is 0 Å². The Bertz CT molecular complexity index is 9.61. The molecule has 5 heteroatoms. The Balaban J connectivity index is -0.00000000167. The van der Waals surface area contributed by atoms with E-state index in [0.717, 1.165) is 0 Å². The molecule has 0 rings (SSSR count). The van der Waals surface area contributed by atoms with Crippen molar-refractivity contribution in [3.8, 4) is 0 Å². The molecule has 31 valence electrons. The van der Waals surface area contributed by atoms with Gasteiger partial charge in [0.15, 0.2) is 0 Å². The Kier molecular flexibility index (Phi) is 154. The van der Waals surface area contributed by atoms with E-state index in [1.54, 1.807) is 0 Å². The zero-order valence-corrected chi connectivity index (χ0v) is 12.0. The second-order valence-corrected chi connectivity index (χ2v) is 0. The molecule has 5 heavy (non-hydrogen) atoms. The molecule has 0 amide bonds. The van der Waals surface area contributed by atoms with Crippen LogP contribution in [0.4, 0.5) is 0 Å². The molecule has 0 unspecified atom stereocenters. The van der Waals surface area contributed by atoms with Gasteiger partial charge < -0.3 is 0 Å².